The fourth-order valence-electron chi connectivity index (χ4n) is 2.23. The van der Waals surface area contributed by atoms with E-state index in [0.29, 0.717) is 10.2 Å². The summed E-state index contributed by atoms with van der Waals surface area (Å²) in [5.74, 6) is 2.45. The number of hydrogen-bond donors (Lipinski definition) is 0. The minimum atomic E-state index is 0.494. The molecule has 0 aromatic rings. The lowest BCUT2D eigenvalue weighted by molar-refractivity contribution is 0.108. The predicted octanol–water partition coefficient (Wildman–Crippen LogP) is 5.74. The monoisotopic (exact) mass is 296 g/mol. The largest absolute Gasteiger partial charge is 0.0941 e. The van der Waals surface area contributed by atoms with E-state index in [2.05, 4.69) is 56.2 Å². The van der Waals surface area contributed by atoms with Crippen LogP contribution < -0.4 is 0 Å². The van der Waals surface area contributed by atoms with E-state index in [1.807, 2.05) is 21.6 Å². The Hall–Kier alpha value is 1.40. The van der Waals surface area contributed by atoms with Gasteiger partial charge in [0.2, 0.25) is 0 Å². The average Bonchev–Trinajstić information content (AvgIpc) is 2.30. The Morgan fingerprint density at radius 3 is 2.19 bits per heavy atom. The molecule has 1 fully saturated rings. The molecule has 0 amide bonds. The van der Waals surface area contributed by atoms with Gasteiger partial charge in [-0.1, -0.05) is 70.9 Å². The lowest BCUT2D eigenvalue weighted by Gasteiger charge is -2.60. The SMILES string of the molecule is CCSSC1CC(C)(SSCC)C1(C)CC. The highest BCUT2D eigenvalue weighted by Crippen LogP contribution is 2.66. The summed E-state index contributed by atoms with van der Waals surface area (Å²) < 4.78 is 0.494. The molecule has 0 aromatic heterocycles. The van der Waals surface area contributed by atoms with Crippen molar-refractivity contribution in [3.8, 4) is 0 Å². The summed E-state index contributed by atoms with van der Waals surface area (Å²) >= 11 is 0. The normalized spacial score (nSPS) is 38.4. The molecule has 1 rings (SSSR count). The van der Waals surface area contributed by atoms with Gasteiger partial charge in [0.15, 0.2) is 0 Å². The van der Waals surface area contributed by atoms with Gasteiger partial charge in [0.25, 0.3) is 0 Å². The van der Waals surface area contributed by atoms with E-state index in [4.69, 9.17) is 0 Å². The molecular weight excluding hydrogens is 272 g/mol. The first kappa shape index (κ1) is 15.5. The Morgan fingerprint density at radius 1 is 1.06 bits per heavy atom. The summed E-state index contributed by atoms with van der Waals surface area (Å²) in [7, 11) is 8.32. The first-order chi connectivity index (χ1) is 7.54. The molecule has 0 nitrogen and oxygen atoms in total. The Bertz CT molecular complexity index is 221. The van der Waals surface area contributed by atoms with Gasteiger partial charge in [0.05, 0.1) is 0 Å². The standard InChI is InChI=1S/C12H24S4/c1-6-11(4)10(15-13-7-2)9-12(11,5)16-14-8-3/h10H,6-9H2,1-5H3. The van der Waals surface area contributed by atoms with Crippen molar-refractivity contribution in [2.75, 3.05) is 11.5 Å². The highest BCUT2D eigenvalue weighted by Gasteiger charge is 2.59. The molecule has 0 bridgehead atoms. The Labute approximate surface area is 117 Å². The second-order valence-corrected chi connectivity index (χ2v) is 10.6. The molecule has 96 valence electrons. The summed E-state index contributed by atoms with van der Waals surface area (Å²) in [5, 5.41) is 0.859. The highest BCUT2D eigenvalue weighted by molar-refractivity contribution is 8.77. The molecule has 16 heavy (non-hydrogen) atoms. The molecule has 0 saturated heterocycles. The minimum Gasteiger partial charge on any atom is -0.0941 e. The van der Waals surface area contributed by atoms with Crippen LogP contribution in [0.5, 0.6) is 0 Å². The number of rotatable bonds is 7. The molecule has 3 atom stereocenters. The van der Waals surface area contributed by atoms with Crippen molar-refractivity contribution in [2.45, 2.75) is 57.5 Å². The average molecular weight is 297 g/mol. The minimum absolute atomic E-state index is 0.494. The van der Waals surface area contributed by atoms with E-state index in [9.17, 15) is 0 Å². The molecule has 1 saturated carbocycles. The second-order valence-electron chi connectivity index (χ2n) is 4.69. The summed E-state index contributed by atoms with van der Waals surface area (Å²) in [5.41, 5.74) is 0.521. The lowest BCUT2D eigenvalue weighted by atomic mass is 9.59. The first-order valence-corrected chi connectivity index (χ1v) is 10.8. The van der Waals surface area contributed by atoms with Gasteiger partial charge in [-0.15, -0.1) is 0 Å². The fraction of sp³-hybridized carbons (Fsp3) is 1.00. The van der Waals surface area contributed by atoms with Crippen LogP contribution in [-0.4, -0.2) is 21.5 Å². The molecular formula is C12H24S4. The zero-order valence-electron chi connectivity index (χ0n) is 11.0. The van der Waals surface area contributed by atoms with E-state index in [-0.39, 0.29) is 0 Å². The molecule has 1 aliphatic carbocycles. The van der Waals surface area contributed by atoms with E-state index in [0.717, 1.165) is 5.25 Å². The van der Waals surface area contributed by atoms with Crippen molar-refractivity contribution in [1.82, 2.24) is 0 Å². The molecule has 1 aliphatic rings. The van der Waals surface area contributed by atoms with Crippen molar-refractivity contribution >= 4 is 43.2 Å². The zero-order valence-corrected chi connectivity index (χ0v) is 14.3. The third-order valence-corrected chi connectivity index (χ3v) is 10.5. The van der Waals surface area contributed by atoms with Crippen molar-refractivity contribution in [1.29, 1.82) is 0 Å². The Kier molecular flexibility index (Phi) is 6.31. The van der Waals surface area contributed by atoms with Crippen LogP contribution >= 0.6 is 43.2 Å². The fourth-order valence-corrected chi connectivity index (χ4v) is 8.49. The number of hydrogen-bond acceptors (Lipinski definition) is 4. The maximum absolute atomic E-state index is 2.49. The van der Waals surface area contributed by atoms with Gasteiger partial charge in [-0.25, -0.2) is 0 Å². The predicted molar refractivity (Wildman–Crippen MR) is 86.7 cm³/mol. The summed E-state index contributed by atoms with van der Waals surface area (Å²) in [6, 6.07) is 0. The van der Waals surface area contributed by atoms with Gasteiger partial charge in [-0.2, -0.15) is 0 Å². The van der Waals surface area contributed by atoms with Gasteiger partial charge in [0, 0.05) is 21.5 Å². The molecule has 0 spiro atoms. The van der Waals surface area contributed by atoms with Gasteiger partial charge in [-0.3, -0.25) is 0 Å². The van der Waals surface area contributed by atoms with Crippen LogP contribution in [0.4, 0.5) is 0 Å². The van der Waals surface area contributed by atoms with Crippen molar-refractivity contribution in [3.05, 3.63) is 0 Å². The van der Waals surface area contributed by atoms with Gasteiger partial charge < -0.3 is 0 Å². The van der Waals surface area contributed by atoms with E-state index in [1.54, 1.807) is 0 Å². The van der Waals surface area contributed by atoms with Crippen LogP contribution in [0.2, 0.25) is 0 Å². The molecule has 0 N–H and O–H groups in total. The van der Waals surface area contributed by atoms with Gasteiger partial charge in [0.1, 0.15) is 0 Å². The maximum atomic E-state index is 2.49. The quantitative estimate of drug-likeness (QED) is 0.549. The van der Waals surface area contributed by atoms with Gasteiger partial charge in [-0.05, 0) is 25.2 Å². The molecule has 0 radical (unpaired) electrons. The van der Waals surface area contributed by atoms with E-state index in [1.165, 1.54) is 24.3 Å². The van der Waals surface area contributed by atoms with Crippen LogP contribution in [0.15, 0.2) is 0 Å². The topological polar surface area (TPSA) is 0 Å². The Morgan fingerprint density at radius 2 is 1.69 bits per heavy atom. The summed E-state index contributed by atoms with van der Waals surface area (Å²) in [4.78, 5) is 0. The maximum Gasteiger partial charge on any atom is 0.0310 e. The van der Waals surface area contributed by atoms with Crippen LogP contribution in [0.1, 0.15) is 47.5 Å². The first-order valence-electron chi connectivity index (χ1n) is 6.13. The van der Waals surface area contributed by atoms with Crippen molar-refractivity contribution in [2.24, 2.45) is 5.41 Å². The van der Waals surface area contributed by atoms with Crippen LogP contribution in [0.25, 0.3) is 0 Å². The third-order valence-electron chi connectivity index (χ3n) is 3.89. The van der Waals surface area contributed by atoms with Crippen LogP contribution in [-0.2, 0) is 0 Å². The molecule has 0 aromatic carbocycles. The Balaban J connectivity index is 2.57. The molecule has 0 aliphatic heterocycles. The highest BCUT2D eigenvalue weighted by atomic mass is 33.1. The van der Waals surface area contributed by atoms with Crippen molar-refractivity contribution in [3.63, 3.8) is 0 Å². The van der Waals surface area contributed by atoms with Crippen LogP contribution in [0, 0.1) is 5.41 Å². The van der Waals surface area contributed by atoms with Crippen LogP contribution in [0.3, 0.4) is 0 Å². The molecule has 3 unspecified atom stereocenters. The summed E-state index contributed by atoms with van der Waals surface area (Å²) in [6.45, 7) is 11.8. The van der Waals surface area contributed by atoms with E-state index < -0.39 is 0 Å². The van der Waals surface area contributed by atoms with Crippen molar-refractivity contribution < 1.29 is 0 Å². The zero-order chi connectivity index (χ0) is 12.2. The molecule has 4 heteroatoms. The second kappa shape index (κ2) is 6.53. The molecule has 0 heterocycles. The third kappa shape index (κ3) is 2.86. The smallest absolute Gasteiger partial charge is 0.0310 e. The summed E-state index contributed by atoms with van der Waals surface area (Å²) in [6.07, 6.45) is 2.69. The lowest BCUT2D eigenvalue weighted by Crippen LogP contribution is -2.59. The van der Waals surface area contributed by atoms with Gasteiger partial charge >= 0.3 is 0 Å². The van der Waals surface area contributed by atoms with E-state index >= 15 is 0 Å².